The molecule has 0 aromatic heterocycles. The van der Waals surface area contributed by atoms with Gasteiger partial charge >= 0.3 is 5.97 Å². The third-order valence-electron chi connectivity index (χ3n) is 4.70. The summed E-state index contributed by atoms with van der Waals surface area (Å²) in [6.45, 7) is 2.07. The SMILES string of the molecule is Cc1cccc(OC2CCCC2)c1C1(CC(=O)O)CC1. The maximum atomic E-state index is 11.2. The van der Waals surface area contributed by atoms with Crippen LogP contribution in [0.4, 0.5) is 0 Å². The van der Waals surface area contributed by atoms with Gasteiger partial charge in [0, 0.05) is 11.0 Å². The molecule has 3 rings (SSSR count). The molecule has 0 heterocycles. The number of ether oxygens (including phenoxy) is 1. The molecular weight excluding hydrogens is 252 g/mol. The van der Waals surface area contributed by atoms with Gasteiger partial charge in [-0.2, -0.15) is 0 Å². The van der Waals surface area contributed by atoms with E-state index in [2.05, 4.69) is 13.0 Å². The molecule has 1 N–H and O–H groups in total. The Morgan fingerprint density at radius 2 is 2.05 bits per heavy atom. The van der Waals surface area contributed by atoms with Crippen molar-refractivity contribution in [2.75, 3.05) is 0 Å². The van der Waals surface area contributed by atoms with Gasteiger partial charge in [0.15, 0.2) is 0 Å². The van der Waals surface area contributed by atoms with Crippen molar-refractivity contribution in [3.8, 4) is 5.75 Å². The van der Waals surface area contributed by atoms with Crippen LogP contribution in [0.25, 0.3) is 0 Å². The van der Waals surface area contributed by atoms with Crippen molar-refractivity contribution in [3.05, 3.63) is 29.3 Å². The normalized spacial score (nSPS) is 20.9. The van der Waals surface area contributed by atoms with E-state index >= 15 is 0 Å². The Bertz CT molecular complexity index is 511. The van der Waals surface area contributed by atoms with Crippen LogP contribution >= 0.6 is 0 Å². The van der Waals surface area contributed by atoms with E-state index in [1.165, 1.54) is 18.4 Å². The van der Waals surface area contributed by atoms with Crippen LogP contribution in [0.15, 0.2) is 18.2 Å². The molecule has 2 fully saturated rings. The smallest absolute Gasteiger partial charge is 0.304 e. The molecule has 3 heteroatoms. The minimum atomic E-state index is -0.711. The maximum absolute atomic E-state index is 11.2. The second-order valence-electron chi connectivity index (χ2n) is 6.32. The number of carboxylic acid groups (broad SMARTS) is 1. The molecular formula is C17H22O3. The Balaban J connectivity index is 1.90. The fraction of sp³-hybridized carbons (Fsp3) is 0.588. The molecule has 0 radical (unpaired) electrons. The van der Waals surface area contributed by atoms with E-state index in [4.69, 9.17) is 4.74 Å². The predicted molar refractivity (Wildman–Crippen MR) is 77.2 cm³/mol. The van der Waals surface area contributed by atoms with Crippen LogP contribution in [0.3, 0.4) is 0 Å². The summed E-state index contributed by atoms with van der Waals surface area (Å²) < 4.78 is 6.20. The van der Waals surface area contributed by atoms with Gasteiger partial charge in [-0.15, -0.1) is 0 Å². The minimum absolute atomic E-state index is 0.175. The molecule has 2 saturated carbocycles. The van der Waals surface area contributed by atoms with Crippen LogP contribution in [-0.4, -0.2) is 17.2 Å². The van der Waals surface area contributed by atoms with Crippen LogP contribution in [0.1, 0.15) is 56.1 Å². The zero-order chi connectivity index (χ0) is 14.2. The molecule has 108 valence electrons. The van der Waals surface area contributed by atoms with Crippen molar-refractivity contribution in [3.63, 3.8) is 0 Å². The number of rotatable bonds is 5. The van der Waals surface area contributed by atoms with E-state index < -0.39 is 5.97 Å². The number of hydrogen-bond donors (Lipinski definition) is 1. The van der Waals surface area contributed by atoms with Gasteiger partial charge in [-0.25, -0.2) is 0 Å². The second-order valence-corrected chi connectivity index (χ2v) is 6.32. The monoisotopic (exact) mass is 274 g/mol. The third kappa shape index (κ3) is 2.54. The molecule has 0 bridgehead atoms. The number of aryl methyl sites for hydroxylation is 1. The van der Waals surface area contributed by atoms with Gasteiger partial charge in [-0.1, -0.05) is 12.1 Å². The van der Waals surface area contributed by atoms with Crippen LogP contribution in [0.5, 0.6) is 5.75 Å². The Kier molecular flexibility index (Phi) is 3.45. The first-order chi connectivity index (χ1) is 9.61. The Labute approximate surface area is 120 Å². The molecule has 2 aliphatic carbocycles. The number of carbonyl (C=O) groups is 1. The van der Waals surface area contributed by atoms with Gasteiger partial charge in [0.1, 0.15) is 5.75 Å². The molecule has 0 atom stereocenters. The number of carboxylic acids is 1. The van der Waals surface area contributed by atoms with E-state index in [1.807, 2.05) is 12.1 Å². The predicted octanol–water partition coefficient (Wildman–Crippen LogP) is 3.82. The summed E-state index contributed by atoms with van der Waals surface area (Å²) in [5.41, 5.74) is 2.14. The van der Waals surface area contributed by atoms with Crippen LogP contribution in [0.2, 0.25) is 0 Å². The van der Waals surface area contributed by atoms with Crippen molar-refractivity contribution in [1.82, 2.24) is 0 Å². The third-order valence-corrected chi connectivity index (χ3v) is 4.70. The van der Waals surface area contributed by atoms with Gasteiger partial charge in [0.2, 0.25) is 0 Å². The fourth-order valence-corrected chi connectivity index (χ4v) is 3.56. The average molecular weight is 274 g/mol. The highest BCUT2D eigenvalue weighted by Gasteiger charge is 2.48. The van der Waals surface area contributed by atoms with Crippen molar-refractivity contribution in [2.24, 2.45) is 0 Å². The van der Waals surface area contributed by atoms with E-state index in [1.54, 1.807) is 0 Å². The maximum Gasteiger partial charge on any atom is 0.304 e. The summed E-state index contributed by atoms with van der Waals surface area (Å²) in [5, 5.41) is 9.18. The van der Waals surface area contributed by atoms with Gasteiger partial charge in [-0.3, -0.25) is 4.79 Å². The molecule has 20 heavy (non-hydrogen) atoms. The molecule has 2 aliphatic rings. The van der Waals surface area contributed by atoms with E-state index in [9.17, 15) is 9.90 Å². The van der Waals surface area contributed by atoms with E-state index in [0.717, 1.165) is 37.0 Å². The first-order valence-electron chi connectivity index (χ1n) is 7.59. The summed E-state index contributed by atoms with van der Waals surface area (Å²) >= 11 is 0. The van der Waals surface area contributed by atoms with Gasteiger partial charge in [-0.05, 0) is 57.1 Å². The largest absolute Gasteiger partial charge is 0.490 e. The summed E-state index contributed by atoms with van der Waals surface area (Å²) in [7, 11) is 0. The van der Waals surface area contributed by atoms with Gasteiger partial charge in [0.05, 0.1) is 12.5 Å². The van der Waals surface area contributed by atoms with Gasteiger partial charge in [0.25, 0.3) is 0 Å². The second kappa shape index (κ2) is 5.12. The molecule has 0 saturated heterocycles. The highest BCUT2D eigenvalue weighted by atomic mass is 16.5. The molecule has 0 amide bonds. The summed E-state index contributed by atoms with van der Waals surface area (Å²) in [4.78, 5) is 11.2. The number of hydrogen-bond acceptors (Lipinski definition) is 2. The van der Waals surface area contributed by atoms with Crippen LogP contribution in [0, 0.1) is 6.92 Å². The Morgan fingerprint density at radius 1 is 1.35 bits per heavy atom. The highest BCUT2D eigenvalue weighted by molar-refractivity contribution is 5.71. The zero-order valence-corrected chi connectivity index (χ0v) is 12.0. The lowest BCUT2D eigenvalue weighted by Gasteiger charge is -2.23. The van der Waals surface area contributed by atoms with Crippen molar-refractivity contribution in [1.29, 1.82) is 0 Å². The fourth-order valence-electron chi connectivity index (χ4n) is 3.56. The number of benzene rings is 1. The molecule has 1 aromatic rings. The molecule has 1 aromatic carbocycles. The van der Waals surface area contributed by atoms with E-state index in [-0.39, 0.29) is 11.8 Å². The summed E-state index contributed by atoms with van der Waals surface area (Å²) in [5.74, 6) is 0.216. The van der Waals surface area contributed by atoms with Crippen LogP contribution in [-0.2, 0) is 10.2 Å². The molecule has 0 unspecified atom stereocenters. The molecule has 0 spiro atoms. The minimum Gasteiger partial charge on any atom is -0.490 e. The molecule has 3 nitrogen and oxygen atoms in total. The van der Waals surface area contributed by atoms with Crippen molar-refractivity contribution >= 4 is 5.97 Å². The average Bonchev–Trinajstić information content (AvgIpc) is 2.95. The Morgan fingerprint density at radius 3 is 2.65 bits per heavy atom. The van der Waals surface area contributed by atoms with E-state index in [0.29, 0.717) is 6.10 Å². The van der Waals surface area contributed by atoms with Crippen LogP contribution < -0.4 is 4.74 Å². The summed E-state index contributed by atoms with van der Waals surface area (Å²) in [6.07, 6.45) is 7.20. The lowest BCUT2D eigenvalue weighted by molar-refractivity contribution is -0.137. The first kappa shape index (κ1) is 13.5. The van der Waals surface area contributed by atoms with Gasteiger partial charge < -0.3 is 9.84 Å². The molecule has 0 aliphatic heterocycles. The summed E-state index contributed by atoms with van der Waals surface area (Å²) in [6, 6.07) is 6.10. The zero-order valence-electron chi connectivity index (χ0n) is 12.0. The first-order valence-corrected chi connectivity index (χ1v) is 7.59. The van der Waals surface area contributed by atoms with Crippen molar-refractivity contribution in [2.45, 2.75) is 63.4 Å². The lowest BCUT2D eigenvalue weighted by Crippen LogP contribution is -2.19. The standard InChI is InChI=1S/C17H22O3/c1-12-5-4-8-14(20-13-6-2-3-7-13)16(12)17(9-10-17)11-15(18)19/h4-5,8,13H,2-3,6-7,9-11H2,1H3,(H,18,19). The lowest BCUT2D eigenvalue weighted by atomic mass is 9.88. The highest BCUT2D eigenvalue weighted by Crippen LogP contribution is 2.55. The van der Waals surface area contributed by atoms with Crippen molar-refractivity contribution < 1.29 is 14.6 Å². The number of aliphatic carboxylic acids is 1. The topological polar surface area (TPSA) is 46.5 Å². The quantitative estimate of drug-likeness (QED) is 0.887. The Hall–Kier alpha value is -1.51.